The van der Waals surface area contributed by atoms with E-state index in [1.54, 1.807) is 6.08 Å². The summed E-state index contributed by atoms with van der Waals surface area (Å²) < 4.78 is 5.03. The van der Waals surface area contributed by atoms with Crippen LogP contribution in [0.4, 0.5) is 0 Å². The number of guanidine groups is 1. The van der Waals surface area contributed by atoms with E-state index in [-0.39, 0.29) is 24.0 Å². The largest absolute Gasteiger partial charge is 0.357 e. The second-order valence-electron chi connectivity index (χ2n) is 3.77. The maximum atomic E-state index is 5.03. The zero-order valence-electron chi connectivity index (χ0n) is 11.5. The number of halogens is 1. The minimum atomic E-state index is 0. The number of nitrogens with one attached hydrogen (secondary N) is 2. The van der Waals surface area contributed by atoms with Crippen LogP contribution in [0.5, 0.6) is 0 Å². The second kappa shape index (κ2) is 10.8. The zero-order valence-corrected chi connectivity index (χ0v) is 13.8. The van der Waals surface area contributed by atoms with Gasteiger partial charge in [-0.25, -0.2) is 0 Å². The molecule has 2 N–H and O–H groups in total. The maximum absolute atomic E-state index is 5.03. The number of nitrogens with zero attached hydrogens (tertiary/aromatic N) is 3. The molecule has 1 rings (SSSR count). The third kappa shape index (κ3) is 7.81. The van der Waals surface area contributed by atoms with E-state index in [9.17, 15) is 0 Å². The topological polar surface area (TPSA) is 75.3 Å². The van der Waals surface area contributed by atoms with E-state index in [0.717, 1.165) is 25.3 Å². The number of hydrogen-bond donors (Lipinski definition) is 2. The second-order valence-corrected chi connectivity index (χ2v) is 3.77. The lowest BCUT2D eigenvalue weighted by Crippen LogP contribution is -2.37. The van der Waals surface area contributed by atoms with Gasteiger partial charge in [0.05, 0.1) is 0 Å². The Morgan fingerprint density at radius 2 is 2.26 bits per heavy atom. The Morgan fingerprint density at radius 3 is 2.84 bits per heavy atom. The van der Waals surface area contributed by atoms with Crippen LogP contribution in [0, 0.1) is 6.92 Å². The van der Waals surface area contributed by atoms with Crippen LogP contribution in [0.3, 0.4) is 0 Å². The van der Waals surface area contributed by atoms with Crippen molar-refractivity contribution in [3.8, 4) is 0 Å². The summed E-state index contributed by atoms with van der Waals surface area (Å²) in [6.45, 7) is 9.76. The molecule has 0 fully saturated rings. The van der Waals surface area contributed by atoms with Gasteiger partial charge in [0.2, 0.25) is 5.89 Å². The molecule has 1 heterocycles. The maximum Gasteiger partial charge on any atom is 0.226 e. The summed E-state index contributed by atoms with van der Waals surface area (Å²) in [7, 11) is 0. The summed E-state index contributed by atoms with van der Waals surface area (Å²) >= 11 is 0. The fraction of sp³-hybridized carbons (Fsp3) is 0.583. The Morgan fingerprint density at radius 1 is 1.47 bits per heavy atom. The fourth-order valence-corrected chi connectivity index (χ4v) is 1.37. The van der Waals surface area contributed by atoms with Gasteiger partial charge in [0.25, 0.3) is 0 Å². The minimum absolute atomic E-state index is 0. The smallest absolute Gasteiger partial charge is 0.226 e. The first-order chi connectivity index (χ1) is 8.76. The number of rotatable bonds is 7. The Hall–Kier alpha value is -1.12. The van der Waals surface area contributed by atoms with Crippen LogP contribution in [0.1, 0.15) is 25.1 Å². The molecule has 0 spiro atoms. The normalized spacial score (nSPS) is 10.7. The lowest BCUT2D eigenvalue weighted by Gasteiger charge is -2.08. The first-order valence-corrected chi connectivity index (χ1v) is 6.18. The monoisotopic (exact) mass is 379 g/mol. The average molecular weight is 379 g/mol. The lowest BCUT2D eigenvalue weighted by molar-refractivity contribution is 0.372. The fourth-order valence-electron chi connectivity index (χ4n) is 1.37. The molecule has 0 aliphatic carbocycles. The van der Waals surface area contributed by atoms with Gasteiger partial charge >= 0.3 is 0 Å². The van der Waals surface area contributed by atoms with Gasteiger partial charge < -0.3 is 15.2 Å². The molecule has 0 radical (unpaired) electrons. The predicted molar refractivity (Wildman–Crippen MR) is 86.9 cm³/mol. The highest BCUT2D eigenvalue weighted by Crippen LogP contribution is 1.99. The SMILES string of the molecule is C=CCNC(=NCCCc1nc(C)no1)NCC.I. The zero-order chi connectivity index (χ0) is 13.2. The number of aryl methyl sites for hydroxylation is 2. The predicted octanol–water partition coefficient (Wildman–Crippen LogP) is 1.67. The molecule has 0 aromatic carbocycles. The van der Waals surface area contributed by atoms with Gasteiger partial charge in [-0.15, -0.1) is 30.6 Å². The van der Waals surface area contributed by atoms with E-state index < -0.39 is 0 Å². The van der Waals surface area contributed by atoms with E-state index >= 15 is 0 Å². The summed E-state index contributed by atoms with van der Waals surface area (Å²) in [4.78, 5) is 8.57. The molecule has 0 atom stereocenters. The highest BCUT2D eigenvalue weighted by molar-refractivity contribution is 14.0. The van der Waals surface area contributed by atoms with E-state index in [1.807, 2.05) is 13.8 Å². The van der Waals surface area contributed by atoms with Crippen LogP contribution < -0.4 is 10.6 Å². The van der Waals surface area contributed by atoms with Gasteiger partial charge in [0, 0.05) is 26.1 Å². The Balaban J connectivity index is 0.00000324. The molecule has 19 heavy (non-hydrogen) atoms. The van der Waals surface area contributed by atoms with E-state index in [1.165, 1.54) is 0 Å². The molecule has 1 aromatic heterocycles. The molecule has 0 aliphatic rings. The van der Waals surface area contributed by atoms with Crippen molar-refractivity contribution in [2.24, 2.45) is 4.99 Å². The molecule has 108 valence electrons. The van der Waals surface area contributed by atoms with Crippen molar-refractivity contribution in [1.82, 2.24) is 20.8 Å². The standard InChI is InChI=1S/C12H21N5O.HI/c1-4-8-14-12(13-5-2)15-9-6-7-11-16-10(3)17-18-11;/h4H,1,5-9H2,2-3H3,(H2,13,14,15);1H. The molecule has 0 bridgehead atoms. The summed E-state index contributed by atoms with van der Waals surface area (Å²) in [5, 5.41) is 10.0. The quantitative estimate of drug-likeness (QED) is 0.248. The van der Waals surface area contributed by atoms with Crippen molar-refractivity contribution >= 4 is 29.9 Å². The molecule has 1 aromatic rings. The summed E-state index contributed by atoms with van der Waals surface area (Å²) in [6, 6.07) is 0. The summed E-state index contributed by atoms with van der Waals surface area (Å²) in [6.07, 6.45) is 3.44. The third-order valence-electron chi connectivity index (χ3n) is 2.15. The van der Waals surface area contributed by atoms with Gasteiger partial charge in [0.1, 0.15) is 0 Å². The number of aromatic nitrogens is 2. The first-order valence-electron chi connectivity index (χ1n) is 6.18. The Kier molecular flexibility index (Phi) is 10.1. The van der Waals surface area contributed by atoms with Crippen LogP contribution in [0.2, 0.25) is 0 Å². The van der Waals surface area contributed by atoms with Crippen molar-refractivity contribution < 1.29 is 4.52 Å². The molecule has 0 amide bonds. The molecule has 7 heteroatoms. The highest BCUT2D eigenvalue weighted by atomic mass is 127. The van der Waals surface area contributed by atoms with Gasteiger partial charge in [-0.05, 0) is 20.3 Å². The Labute approximate surface area is 131 Å². The molecule has 0 aliphatic heterocycles. The van der Waals surface area contributed by atoms with Gasteiger partial charge in [-0.3, -0.25) is 4.99 Å². The minimum Gasteiger partial charge on any atom is -0.357 e. The molecular formula is C12H22IN5O. The van der Waals surface area contributed by atoms with Crippen LogP contribution in [-0.4, -0.2) is 35.7 Å². The van der Waals surface area contributed by atoms with Crippen LogP contribution >= 0.6 is 24.0 Å². The molecule has 0 saturated carbocycles. The molecule has 6 nitrogen and oxygen atoms in total. The molecule has 0 saturated heterocycles. The van der Waals surface area contributed by atoms with Crippen molar-refractivity contribution in [2.75, 3.05) is 19.6 Å². The van der Waals surface area contributed by atoms with Gasteiger partial charge in [0.15, 0.2) is 11.8 Å². The summed E-state index contributed by atoms with van der Waals surface area (Å²) in [5.74, 6) is 2.15. The van der Waals surface area contributed by atoms with E-state index in [0.29, 0.717) is 24.8 Å². The van der Waals surface area contributed by atoms with Crippen molar-refractivity contribution in [1.29, 1.82) is 0 Å². The van der Waals surface area contributed by atoms with Gasteiger partial charge in [-0.2, -0.15) is 4.98 Å². The van der Waals surface area contributed by atoms with Crippen molar-refractivity contribution in [3.63, 3.8) is 0 Å². The van der Waals surface area contributed by atoms with E-state index in [4.69, 9.17) is 4.52 Å². The summed E-state index contributed by atoms with van der Waals surface area (Å²) in [5.41, 5.74) is 0. The Bertz CT molecular complexity index is 391. The molecule has 0 unspecified atom stereocenters. The average Bonchev–Trinajstić information content (AvgIpc) is 2.77. The van der Waals surface area contributed by atoms with Crippen molar-refractivity contribution in [3.05, 3.63) is 24.4 Å². The number of aliphatic imine (C=N–C) groups is 1. The first kappa shape index (κ1) is 17.9. The highest BCUT2D eigenvalue weighted by Gasteiger charge is 2.01. The van der Waals surface area contributed by atoms with Gasteiger partial charge in [-0.1, -0.05) is 11.2 Å². The van der Waals surface area contributed by atoms with Crippen LogP contribution in [0.15, 0.2) is 22.2 Å². The van der Waals surface area contributed by atoms with Crippen LogP contribution in [-0.2, 0) is 6.42 Å². The number of hydrogen-bond acceptors (Lipinski definition) is 4. The van der Waals surface area contributed by atoms with Crippen LogP contribution in [0.25, 0.3) is 0 Å². The van der Waals surface area contributed by atoms with E-state index in [2.05, 4.69) is 32.3 Å². The molecular weight excluding hydrogens is 357 g/mol. The lowest BCUT2D eigenvalue weighted by atomic mass is 10.3. The third-order valence-corrected chi connectivity index (χ3v) is 2.15. The van der Waals surface area contributed by atoms with Crippen molar-refractivity contribution in [2.45, 2.75) is 26.7 Å².